The molecule has 1 aliphatic heterocycles. The number of hydrogen-bond donors (Lipinski definition) is 3. The van der Waals surface area contributed by atoms with E-state index < -0.39 is 24.2 Å². The summed E-state index contributed by atoms with van der Waals surface area (Å²) in [5.74, 6) is -1.59. The van der Waals surface area contributed by atoms with Gasteiger partial charge in [-0.2, -0.15) is 5.06 Å². The summed E-state index contributed by atoms with van der Waals surface area (Å²) in [7, 11) is 0. The Kier molecular flexibility index (Phi) is 4.61. The number of rotatable bonds is 6. The summed E-state index contributed by atoms with van der Waals surface area (Å²) in [6.45, 7) is 1.96. The van der Waals surface area contributed by atoms with Gasteiger partial charge >= 0.3 is 5.97 Å². The van der Waals surface area contributed by atoms with Gasteiger partial charge in [-0.1, -0.05) is 31.5 Å². The number of aliphatic hydroxyl groups is 1. The number of nitrogens with zero attached hydrogens (tertiary/aromatic N) is 1. The van der Waals surface area contributed by atoms with Crippen LogP contribution >= 0.6 is 0 Å². The molecule has 0 fully saturated rings. The summed E-state index contributed by atoms with van der Waals surface area (Å²) in [5, 5.41) is 30.6. The van der Waals surface area contributed by atoms with Crippen LogP contribution in [0.1, 0.15) is 48.3 Å². The van der Waals surface area contributed by atoms with Crippen LogP contribution in [0.15, 0.2) is 30.3 Å². The first-order valence-electron chi connectivity index (χ1n) is 8.10. The molecule has 25 heavy (non-hydrogen) atoms. The van der Waals surface area contributed by atoms with E-state index in [0.717, 1.165) is 6.42 Å². The normalized spacial score (nSPS) is 17.6. The second kappa shape index (κ2) is 6.70. The number of amides is 1. The van der Waals surface area contributed by atoms with Crippen LogP contribution in [0.4, 0.5) is 0 Å². The second-order valence-corrected chi connectivity index (χ2v) is 6.03. The molecule has 132 valence electrons. The van der Waals surface area contributed by atoms with Gasteiger partial charge in [-0.05, 0) is 30.4 Å². The number of unbranched alkanes of at least 4 members (excludes halogenated alkanes) is 1. The molecule has 1 amide bonds. The van der Waals surface area contributed by atoms with Crippen molar-refractivity contribution in [3.05, 3.63) is 41.5 Å². The van der Waals surface area contributed by atoms with Crippen molar-refractivity contribution < 1.29 is 29.7 Å². The Morgan fingerprint density at radius 3 is 2.80 bits per heavy atom. The molecule has 0 aromatic heterocycles. The SMILES string of the molecule is CCCCC(Oc1cc2c3c(cccc3c1)C(O)N(O)C2=O)C(=O)O. The number of ether oxygens (including phenoxy) is 1. The lowest BCUT2D eigenvalue weighted by Crippen LogP contribution is -2.35. The van der Waals surface area contributed by atoms with Crippen molar-refractivity contribution in [1.29, 1.82) is 0 Å². The van der Waals surface area contributed by atoms with E-state index in [-0.39, 0.29) is 16.4 Å². The number of carboxylic acid groups (broad SMARTS) is 1. The van der Waals surface area contributed by atoms with E-state index in [2.05, 4.69) is 0 Å². The summed E-state index contributed by atoms with van der Waals surface area (Å²) < 4.78 is 5.59. The zero-order chi connectivity index (χ0) is 18.1. The van der Waals surface area contributed by atoms with Crippen LogP contribution in [0.5, 0.6) is 5.75 Å². The highest BCUT2D eigenvalue weighted by Gasteiger charge is 2.33. The number of carbonyl (C=O) groups excluding carboxylic acids is 1. The minimum atomic E-state index is -1.44. The third-order valence-electron chi connectivity index (χ3n) is 4.30. The van der Waals surface area contributed by atoms with E-state index >= 15 is 0 Å². The molecule has 2 aromatic carbocycles. The Labute approximate surface area is 144 Å². The molecule has 0 saturated carbocycles. The van der Waals surface area contributed by atoms with Gasteiger partial charge in [0.1, 0.15) is 5.75 Å². The van der Waals surface area contributed by atoms with Crippen molar-refractivity contribution in [2.75, 3.05) is 0 Å². The number of hydrogen-bond acceptors (Lipinski definition) is 5. The number of aliphatic hydroxyl groups excluding tert-OH is 1. The van der Waals surface area contributed by atoms with Crippen molar-refractivity contribution in [2.45, 2.75) is 38.5 Å². The van der Waals surface area contributed by atoms with E-state index in [1.54, 1.807) is 24.3 Å². The summed E-state index contributed by atoms with van der Waals surface area (Å²) >= 11 is 0. The first kappa shape index (κ1) is 17.2. The molecule has 0 aliphatic carbocycles. The Morgan fingerprint density at radius 1 is 1.36 bits per heavy atom. The van der Waals surface area contributed by atoms with E-state index in [1.165, 1.54) is 6.07 Å². The maximum Gasteiger partial charge on any atom is 0.344 e. The average Bonchev–Trinajstić information content (AvgIpc) is 2.60. The average molecular weight is 345 g/mol. The van der Waals surface area contributed by atoms with E-state index in [9.17, 15) is 25.0 Å². The quantitative estimate of drug-likeness (QED) is 0.695. The zero-order valence-electron chi connectivity index (χ0n) is 13.7. The Hall–Kier alpha value is -2.64. The van der Waals surface area contributed by atoms with Gasteiger partial charge in [-0.25, -0.2) is 4.79 Å². The van der Waals surface area contributed by atoms with Gasteiger partial charge in [-0.3, -0.25) is 10.0 Å². The van der Waals surface area contributed by atoms with Crippen LogP contribution in [0.25, 0.3) is 10.8 Å². The minimum Gasteiger partial charge on any atom is -0.479 e. The van der Waals surface area contributed by atoms with Gasteiger partial charge in [0.25, 0.3) is 5.91 Å². The lowest BCUT2D eigenvalue weighted by molar-refractivity contribution is -0.161. The molecule has 3 rings (SSSR count). The van der Waals surface area contributed by atoms with Gasteiger partial charge in [-0.15, -0.1) is 0 Å². The van der Waals surface area contributed by atoms with Gasteiger partial charge in [0.2, 0.25) is 0 Å². The monoisotopic (exact) mass is 345 g/mol. The van der Waals surface area contributed by atoms with Gasteiger partial charge in [0.15, 0.2) is 12.3 Å². The summed E-state index contributed by atoms with van der Waals surface area (Å²) in [6, 6.07) is 8.09. The van der Waals surface area contributed by atoms with Gasteiger partial charge in [0.05, 0.1) is 5.56 Å². The standard InChI is InChI=1S/C18H19NO6/c1-2-3-7-14(18(22)23)25-11-8-10-5-4-6-12-15(10)13(9-11)17(21)19(24)16(12)20/h4-6,8-9,14,16,20,24H,2-3,7H2,1H3,(H,22,23). The molecule has 2 unspecified atom stereocenters. The minimum absolute atomic E-state index is 0.163. The van der Waals surface area contributed by atoms with Crippen LogP contribution in [-0.2, 0) is 4.79 Å². The van der Waals surface area contributed by atoms with Crippen molar-refractivity contribution in [3.8, 4) is 5.75 Å². The van der Waals surface area contributed by atoms with Gasteiger partial charge in [0, 0.05) is 10.9 Å². The summed E-state index contributed by atoms with van der Waals surface area (Å²) in [4.78, 5) is 23.7. The molecule has 1 heterocycles. The van der Waals surface area contributed by atoms with Crippen molar-refractivity contribution >= 4 is 22.6 Å². The number of hydroxylamine groups is 2. The van der Waals surface area contributed by atoms with E-state index in [4.69, 9.17) is 4.74 Å². The molecule has 7 nitrogen and oxygen atoms in total. The Bertz CT molecular complexity index is 834. The molecular weight excluding hydrogens is 326 g/mol. The fourth-order valence-electron chi connectivity index (χ4n) is 3.03. The van der Waals surface area contributed by atoms with Gasteiger partial charge < -0.3 is 14.9 Å². The van der Waals surface area contributed by atoms with Crippen molar-refractivity contribution in [2.24, 2.45) is 0 Å². The second-order valence-electron chi connectivity index (χ2n) is 6.03. The number of carboxylic acids is 1. The largest absolute Gasteiger partial charge is 0.479 e. The predicted molar refractivity (Wildman–Crippen MR) is 88.4 cm³/mol. The zero-order valence-corrected chi connectivity index (χ0v) is 13.7. The highest BCUT2D eigenvalue weighted by Crippen LogP contribution is 2.37. The third-order valence-corrected chi connectivity index (χ3v) is 4.30. The fourth-order valence-corrected chi connectivity index (χ4v) is 3.03. The number of aliphatic carboxylic acids is 1. The molecule has 1 aliphatic rings. The fraction of sp³-hybridized carbons (Fsp3) is 0.333. The third kappa shape index (κ3) is 3.04. The lowest BCUT2D eigenvalue weighted by Gasteiger charge is -2.29. The Morgan fingerprint density at radius 2 is 2.12 bits per heavy atom. The van der Waals surface area contributed by atoms with Crippen LogP contribution in [-0.4, -0.2) is 38.5 Å². The smallest absolute Gasteiger partial charge is 0.344 e. The van der Waals surface area contributed by atoms with Crippen molar-refractivity contribution in [1.82, 2.24) is 5.06 Å². The molecule has 0 spiro atoms. The molecule has 0 saturated heterocycles. The Balaban J connectivity index is 2.05. The molecular formula is C18H19NO6. The molecule has 3 N–H and O–H groups in total. The maximum atomic E-state index is 12.3. The van der Waals surface area contributed by atoms with Crippen LogP contribution in [0.2, 0.25) is 0 Å². The molecule has 0 radical (unpaired) electrons. The van der Waals surface area contributed by atoms with Crippen LogP contribution < -0.4 is 4.74 Å². The molecule has 7 heteroatoms. The lowest BCUT2D eigenvalue weighted by atomic mass is 9.94. The van der Waals surface area contributed by atoms with Crippen LogP contribution in [0, 0.1) is 0 Å². The first-order chi connectivity index (χ1) is 11.9. The van der Waals surface area contributed by atoms with Crippen LogP contribution in [0.3, 0.4) is 0 Å². The molecule has 2 aromatic rings. The number of carbonyl (C=O) groups is 2. The molecule has 2 atom stereocenters. The van der Waals surface area contributed by atoms with Crippen molar-refractivity contribution in [3.63, 3.8) is 0 Å². The van der Waals surface area contributed by atoms with E-state index in [1.807, 2.05) is 6.92 Å². The maximum absolute atomic E-state index is 12.3. The van der Waals surface area contributed by atoms with E-state index in [0.29, 0.717) is 29.2 Å². The first-order valence-corrected chi connectivity index (χ1v) is 8.10. The predicted octanol–water partition coefficient (Wildman–Crippen LogP) is 2.70. The summed E-state index contributed by atoms with van der Waals surface area (Å²) in [5.41, 5.74) is 0.567. The topological polar surface area (TPSA) is 107 Å². The summed E-state index contributed by atoms with van der Waals surface area (Å²) in [6.07, 6.45) is -0.543. The number of benzene rings is 2. The highest BCUT2D eigenvalue weighted by atomic mass is 16.5. The molecule has 0 bridgehead atoms. The highest BCUT2D eigenvalue weighted by molar-refractivity contribution is 6.10.